The van der Waals surface area contributed by atoms with Gasteiger partial charge in [0.15, 0.2) is 0 Å². The van der Waals surface area contributed by atoms with Crippen LogP contribution in [0.5, 0.6) is 0 Å². The van der Waals surface area contributed by atoms with E-state index in [9.17, 15) is 0 Å². The first-order chi connectivity index (χ1) is 9.37. The van der Waals surface area contributed by atoms with E-state index in [1.165, 1.54) is 51.4 Å². The van der Waals surface area contributed by atoms with Crippen LogP contribution >= 0.6 is 0 Å². The minimum Gasteiger partial charge on any atom is -0.0788 e. The SMILES string of the molecule is CC1=C[C@]23CC[C@H]1C[C@@H]2[C@@]1(C)CCCC(C)(C)[C@@H]1CC3. The van der Waals surface area contributed by atoms with Crippen LogP contribution in [0.3, 0.4) is 0 Å². The number of fused-ring (bicyclic) bond motifs is 2. The second-order valence-corrected chi connectivity index (χ2v) is 9.58. The van der Waals surface area contributed by atoms with Gasteiger partial charge < -0.3 is 0 Å². The zero-order valence-electron chi connectivity index (χ0n) is 14.0. The van der Waals surface area contributed by atoms with Gasteiger partial charge in [0, 0.05) is 0 Å². The highest BCUT2D eigenvalue weighted by Crippen LogP contribution is 2.70. The quantitative estimate of drug-likeness (QED) is 0.476. The topological polar surface area (TPSA) is 0 Å². The molecule has 5 aliphatic carbocycles. The number of hydrogen-bond acceptors (Lipinski definition) is 0. The maximum Gasteiger partial charge on any atom is -0.00815 e. The van der Waals surface area contributed by atoms with E-state index < -0.39 is 0 Å². The summed E-state index contributed by atoms with van der Waals surface area (Å²) in [6.45, 7) is 10.2. The van der Waals surface area contributed by atoms with Crippen LogP contribution in [0.1, 0.15) is 79.1 Å². The summed E-state index contributed by atoms with van der Waals surface area (Å²) < 4.78 is 0. The number of rotatable bonds is 0. The summed E-state index contributed by atoms with van der Waals surface area (Å²) in [5, 5.41) is 0. The van der Waals surface area contributed by atoms with Crippen molar-refractivity contribution < 1.29 is 0 Å². The molecule has 0 heterocycles. The first-order valence-corrected chi connectivity index (χ1v) is 9.07. The van der Waals surface area contributed by atoms with Crippen molar-refractivity contribution in [2.75, 3.05) is 0 Å². The minimum atomic E-state index is 0.587. The van der Waals surface area contributed by atoms with Gasteiger partial charge in [-0.25, -0.2) is 0 Å². The summed E-state index contributed by atoms with van der Waals surface area (Å²) in [6, 6.07) is 0. The Morgan fingerprint density at radius 2 is 1.70 bits per heavy atom. The molecule has 112 valence electrons. The zero-order valence-corrected chi connectivity index (χ0v) is 14.0. The molecule has 0 nitrogen and oxygen atoms in total. The Morgan fingerprint density at radius 1 is 0.950 bits per heavy atom. The van der Waals surface area contributed by atoms with E-state index in [1.807, 2.05) is 0 Å². The Bertz CT molecular complexity index is 457. The van der Waals surface area contributed by atoms with Crippen LogP contribution in [-0.4, -0.2) is 0 Å². The van der Waals surface area contributed by atoms with Gasteiger partial charge >= 0.3 is 0 Å². The Morgan fingerprint density at radius 3 is 2.45 bits per heavy atom. The molecule has 0 N–H and O–H groups in total. The Hall–Kier alpha value is -0.260. The normalized spacial score (nSPS) is 53.0. The average Bonchev–Trinajstić information content (AvgIpc) is 2.37. The lowest BCUT2D eigenvalue weighted by Gasteiger charge is -2.66. The van der Waals surface area contributed by atoms with E-state index in [0.29, 0.717) is 16.2 Å². The highest BCUT2D eigenvalue weighted by atomic mass is 14.7. The summed E-state index contributed by atoms with van der Waals surface area (Å²) in [5.41, 5.74) is 3.57. The van der Waals surface area contributed by atoms with Gasteiger partial charge in [-0.3, -0.25) is 0 Å². The largest absolute Gasteiger partial charge is 0.0788 e. The molecule has 0 aromatic heterocycles. The molecule has 0 aliphatic heterocycles. The van der Waals surface area contributed by atoms with E-state index in [4.69, 9.17) is 0 Å². The van der Waals surface area contributed by atoms with Crippen molar-refractivity contribution in [2.24, 2.45) is 34.0 Å². The third kappa shape index (κ3) is 1.54. The molecular formula is C20H32. The first kappa shape index (κ1) is 13.4. The lowest BCUT2D eigenvalue weighted by molar-refractivity contribution is -0.144. The van der Waals surface area contributed by atoms with Crippen molar-refractivity contribution in [1.82, 2.24) is 0 Å². The van der Waals surface area contributed by atoms with Crippen molar-refractivity contribution >= 4 is 0 Å². The van der Waals surface area contributed by atoms with Crippen LogP contribution in [0.4, 0.5) is 0 Å². The van der Waals surface area contributed by atoms with Gasteiger partial charge in [-0.1, -0.05) is 38.8 Å². The van der Waals surface area contributed by atoms with Crippen molar-refractivity contribution in [1.29, 1.82) is 0 Å². The zero-order chi connectivity index (χ0) is 14.2. The van der Waals surface area contributed by atoms with E-state index in [2.05, 4.69) is 33.8 Å². The lowest BCUT2D eigenvalue weighted by Crippen LogP contribution is -2.58. The molecule has 5 atom stereocenters. The summed E-state index contributed by atoms with van der Waals surface area (Å²) in [6.07, 6.45) is 14.7. The molecule has 2 bridgehead atoms. The standard InChI is InChI=1S/C20H32/c1-14-13-20-10-6-15(14)12-17(20)19(4)9-5-8-18(2,3)16(19)7-11-20/h13,15-17H,5-12H2,1-4H3/t15-,16-,17+,19-,20+/m0/s1. The fraction of sp³-hybridized carbons (Fsp3) is 0.900. The van der Waals surface area contributed by atoms with E-state index in [0.717, 1.165) is 17.8 Å². The van der Waals surface area contributed by atoms with Gasteiger partial charge in [0.05, 0.1) is 0 Å². The molecule has 0 radical (unpaired) electrons. The van der Waals surface area contributed by atoms with Gasteiger partial charge in [0.25, 0.3) is 0 Å². The Kier molecular flexibility index (Phi) is 2.63. The third-order valence-corrected chi connectivity index (χ3v) is 8.30. The minimum absolute atomic E-state index is 0.587. The highest BCUT2D eigenvalue weighted by Gasteiger charge is 2.61. The molecule has 20 heavy (non-hydrogen) atoms. The monoisotopic (exact) mass is 272 g/mol. The predicted molar refractivity (Wildman–Crippen MR) is 85.5 cm³/mol. The smallest absolute Gasteiger partial charge is 0.00815 e. The van der Waals surface area contributed by atoms with Gasteiger partial charge in [-0.05, 0) is 85.9 Å². The Labute approximate surface area is 125 Å². The average molecular weight is 272 g/mol. The van der Waals surface area contributed by atoms with Crippen LogP contribution in [0, 0.1) is 34.0 Å². The fourth-order valence-corrected chi connectivity index (χ4v) is 7.43. The molecule has 1 spiro atoms. The second-order valence-electron chi connectivity index (χ2n) is 9.58. The van der Waals surface area contributed by atoms with E-state index >= 15 is 0 Å². The van der Waals surface area contributed by atoms with Gasteiger partial charge in [0.1, 0.15) is 0 Å². The fourth-order valence-electron chi connectivity index (χ4n) is 7.43. The van der Waals surface area contributed by atoms with Gasteiger partial charge in [-0.2, -0.15) is 0 Å². The van der Waals surface area contributed by atoms with E-state index in [1.54, 1.807) is 5.57 Å². The molecule has 5 rings (SSSR count). The molecule has 5 aliphatic rings. The molecule has 0 heteroatoms. The molecule has 0 amide bonds. The van der Waals surface area contributed by atoms with Crippen molar-refractivity contribution in [3.63, 3.8) is 0 Å². The molecule has 3 fully saturated rings. The highest BCUT2D eigenvalue weighted by molar-refractivity contribution is 5.25. The summed E-state index contributed by atoms with van der Waals surface area (Å²) in [4.78, 5) is 0. The maximum absolute atomic E-state index is 2.76. The summed E-state index contributed by atoms with van der Waals surface area (Å²) in [7, 11) is 0. The molecule has 0 aromatic carbocycles. The number of hydrogen-bond donors (Lipinski definition) is 0. The molecule has 0 aromatic rings. The summed E-state index contributed by atoms with van der Waals surface area (Å²) in [5.74, 6) is 2.91. The van der Waals surface area contributed by atoms with Gasteiger partial charge in [-0.15, -0.1) is 0 Å². The molecule has 0 unspecified atom stereocenters. The van der Waals surface area contributed by atoms with Crippen LogP contribution in [0.15, 0.2) is 11.6 Å². The Balaban J connectivity index is 1.77. The van der Waals surface area contributed by atoms with Crippen molar-refractivity contribution in [3.05, 3.63) is 11.6 Å². The molecule has 0 saturated heterocycles. The van der Waals surface area contributed by atoms with Crippen LogP contribution in [0.25, 0.3) is 0 Å². The van der Waals surface area contributed by atoms with Crippen LogP contribution in [0.2, 0.25) is 0 Å². The predicted octanol–water partition coefficient (Wildman–Crippen LogP) is 5.98. The van der Waals surface area contributed by atoms with Crippen molar-refractivity contribution in [3.8, 4) is 0 Å². The third-order valence-electron chi connectivity index (χ3n) is 8.30. The van der Waals surface area contributed by atoms with E-state index in [-0.39, 0.29) is 0 Å². The van der Waals surface area contributed by atoms with Crippen LogP contribution < -0.4 is 0 Å². The first-order valence-electron chi connectivity index (χ1n) is 9.07. The number of allylic oxidation sites excluding steroid dienone is 2. The van der Waals surface area contributed by atoms with Gasteiger partial charge in [0.2, 0.25) is 0 Å². The lowest BCUT2D eigenvalue weighted by atomic mass is 9.38. The summed E-state index contributed by atoms with van der Waals surface area (Å²) >= 11 is 0. The van der Waals surface area contributed by atoms with Crippen molar-refractivity contribution in [2.45, 2.75) is 79.1 Å². The molecular weight excluding hydrogens is 240 g/mol. The second kappa shape index (κ2) is 3.93. The molecule has 3 saturated carbocycles. The maximum atomic E-state index is 2.76. The van der Waals surface area contributed by atoms with Crippen LogP contribution in [-0.2, 0) is 0 Å².